The number of carboxylic acids is 1. The Morgan fingerprint density at radius 3 is 2.50 bits per heavy atom. The summed E-state index contributed by atoms with van der Waals surface area (Å²) in [5.74, 6) is -1.02. The summed E-state index contributed by atoms with van der Waals surface area (Å²) in [6.07, 6.45) is 2.65. The highest BCUT2D eigenvalue weighted by Gasteiger charge is 2.49. The molecule has 4 atom stereocenters. The Balaban J connectivity index is 2.52. The third-order valence-corrected chi connectivity index (χ3v) is 5.25. The van der Waals surface area contributed by atoms with E-state index in [9.17, 15) is 19.4 Å². The quantitative estimate of drug-likeness (QED) is 0.871. The number of aliphatic carboxylic acids is 1. The van der Waals surface area contributed by atoms with E-state index in [2.05, 4.69) is 6.92 Å². The van der Waals surface area contributed by atoms with Crippen LogP contribution >= 0.6 is 0 Å². The minimum absolute atomic E-state index is 0.0250. The van der Waals surface area contributed by atoms with Gasteiger partial charge in [-0.05, 0) is 48.8 Å². The number of rotatable bonds is 5. The van der Waals surface area contributed by atoms with Gasteiger partial charge in [-0.1, -0.05) is 32.4 Å². The van der Waals surface area contributed by atoms with Crippen molar-refractivity contribution in [2.24, 2.45) is 11.8 Å². The molecule has 0 spiro atoms. The van der Waals surface area contributed by atoms with Crippen LogP contribution in [0.15, 0.2) is 24.3 Å². The average Bonchev–Trinajstić information content (AvgIpc) is 2.43. The zero-order chi connectivity index (χ0) is 16.3. The molecule has 1 aliphatic carbocycles. The molecule has 1 aliphatic rings. The first-order valence-corrected chi connectivity index (χ1v) is 8.06. The molecule has 4 heteroatoms. The molecule has 0 aromatic heterocycles. The predicted molar refractivity (Wildman–Crippen MR) is 83.1 cm³/mol. The van der Waals surface area contributed by atoms with Crippen molar-refractivity contribution in [3.8, 4) is 0 Å². The van der Waals surface area contributed by atoms with Crippen molar-refractivity contribution in [2.75, 3.05) is 0 Å². The van der Waals surface area contributed by atoms with Crippen molar-refractivity contribution in [1.29, 1.82) is 0 Å². The maximum absolute atomic E-state index is 13.3. The highest BCUT2D eigenvalue weighted by molar-refractivity contribution is 5.69. The van der Waals surface area contributed by atoms with Crippen LogP contribution in [-0.2, 0) is 10.2 Å². The first-order valence-electron chi connectivity index (χ1n) is 8.06. The SMILES string of the molecule is CCCC1C[C@@H](O)CC(C)[C@@]1(CC(=O)O)c1ccc(F)cc1. The summed E-state index contributed by atoms with van der Waals surface area (Å²) in [7, 11) is 0. The van der Waals surface area contributed by atoms with Gasteiger partial charge in [0.25, 0.3) is 0 Å². The van der Waals surface area contributed by atoms with Gasteiger partial charge in [-0.15, -0.1) is 0 Å². The van der Waals surface area contributed by atoms with Crippen molar-refractivity contribution in [3.63, 3.8) is 0 Å². The fourth-order valence-corrected chi connectivity index (χ4v) is 4.33. The van der Waals surface area contributed by atoms with E-state index in [1.54, 1.807) is 12.1 Å². The Kier molecular flexibility index (Phi) is 5.22. The van der Waals surface area contributed by atoms with Crippen LogP contribution < -0.4 is 0 Å². The number of hydrogen-bond acceptors (Lipinski definition) is 2. The lowest BCUT2D eigenvalue weighted by molar-refractivity contribution is -0.141. The molecule has 2 unspecified atom stereocenters. The number of halogens is 1. The van der Waals surface area contributed by atoms with Gasteiger partial charge in [-0.2, -0.15) is 0 Å². The van der Waals surface area contributed by atoms with Gasteiger partial charge in [0, 0.05) is 5.41 Å². The topological polar surface area (TPSA) is 57.5 Å². The number of aliphatic hydroxyl groups excluding tert-OH is 1. The van der Waals surface area contributed by atoms with Gasteiger partial charge in [0.15, 0.2) is 0 Å². The van der Waals surface area contributed by atoms with Crippen molar-refractivity contribution >= 4 is 5.97 Å². The van der Waals surface area contributed by atoms with Crippen LogP contribution in [0.25, 0.3) is 0 Å². The molecule has 0 heterocycles. The maximum Gasteiger partial charge on any atom is 0.304 e. The second-order valence-electron chi connectivity index (χ2n) is 6.63. The van der Waals surface area contributed by atoms with Gasteiger partial charge in [-0.25, -0.2) is 4.39 Å². The van der Waals surface area contributed by atoms with Crippen LogP contribution in [0.2, 0.25) is 0 Å². The van der Waals surface area contributed by atoms with E-state index in [1.807, 2.05) is 6.92 Å². The number of carboxylic acid groups (broad SMARTS) is 1. The van der Waals surface area contributed by atoms with E-state index in [1.165, 1.54) is 12.1 Å². The third-order valence-electron chi connectivity index (χ3n) is 5.25. The van der Waals surface area contributed by atoms with E-state index in [0.717, 1.165) is 18.4 Å². The van der Waals surface area contributed by atoms with Crippen molar-refractivity contribution in [1.82, 2.24) is 0 Å². The largest absolute Gasteiger partial charge is 0.481 e. The molecule has 0 saturated heterocycles. The van der Waals surface area contributed by atoms with Crippen molar-refractivity contribution in [2.45, 2.75) is 57.5 Å². The highest BCUT2D eigenvalue weighted by Crippen LogP contribution is 2.51. The molecule has 22 heavy (non-hydrogen) atoms. The Hall–Kier alpha value is -1.42. The lowest BCUT2D eigenvalue weighted by Crippen LogP contribution is -2.49. The van der Waals surface area contributed by atoms with Crippen LogP contribution in [-0.4, -0.2) is 22.3 Å². The molecule has 1 aromatic rings. The Labute approximate surface area is 131 Å². The zero-order valence-electron chi connectivity index (χ0n) is 13.3. The molecular weight excluding hydrogens is 283 g/mol. The van der Waals surface area contributed by atoms with E-state index in [4.69, 9.17) is 0 Å². The summed E-state index contributed by atoms with van der Waals surface area (Å²) in [6.45, 7) is 4.08. The van der Waals surface area contributed by atoms with E-state index >= 15 is 0 Å². The summed E-state index contributed by atoms with van der Waals surface area (Å²) in [4.78, 5) is 11.6. The number of aliphatic hydroxyl groups is 1. The van der Waals surface area contributed by atoms with E-state index < -0.39 is 11.4 Å². The summed E-state index contributed by atoms with van der Waals surface area (Å²) in [6, 6.07) is 6.24. The lowest BCUT2D eigenvalue weighted by atomic mass is 9.54. The smallest absolute Gasteiger partial charge is 0.304 e. The Bertz CT molecular complexity index is 514. The summed E-state index contributed by atoms with van der Waals surface area (Å²) in [5.41, 5.74) is 0.351. The van der Waals surface area contributed by atoms with Crippen LogP contribution in [0, 0.1) is 17.7 Å². The molecule has 2 rings (SSSR count). The fourth-order valence-electron chi connectivity index (χ4n) is 4.33. The molecule has 122 valence electrons. The minimum atomic E-state index is -0.839. The number of carbonyl (C=O) groups is 1. The molecule has 0 aliphatic heterocycles. The van der Waals surface area contributed by atoms with Crippen LogP contribution in [0.1, 0.15) is 51.5 Å². The zero-order valence-corrected chi connectivity index (χ0v) is 13.3. The second kappa shape index (κ2) is 6.78. The monoisotopic (exact) mass is 308 g/mol. The normalized spacial score (nSPS) is 31.9. The molecule has 0 radical (unpaired) electrons. The van der Waals surface area contributed by atoms with Gasteiger partial charge in [-0.3, -0.25) is 4.79 Å². The molecule has 1 fully saturated rings. The third kappa shape index (κ3) is 3.17. The van der Waals surface area contributed by atoms with Gasteiger partial charge < -0.3 is 10.2 Å². The van der Waals surface area contributed by atoms with E-state index in [0.29, 0.717) is 12.8 Å². The van der Waals surface area contributed by atoms with Gasteiger partial charge in [0.1, 0.15) is 5.82 Å². The highest BCUT2D eigenvalue weighted by atomic mass is 19.1. The van der Waals surface area contributed by atoms with Crippen molar-refractivity contribution < 1.29 is 19.4 Å². The van der Waals surface area contributed by atoms with Crippen molar-refractivity contribution in [3.05, 3.63) is 35.6 Å². The molecule has 3 nitrogen and oxygen atoms in total. The van der Waals surface area contributed by atoms with Gasteiger partial charge in [0.05, 0.1) is 12.5 Å². The molecule has 2 N–H and O–H groups in total. The first kappa shape index (κ1) is 16.9. The van der Waals surface area contributed by atoms with Gasteiger partial charge >= 0.3 is 5.97 Å². The molecule has 0 bridgehead atoms. The maximum atomic E-state index is 13.3. The van der Waals surface area contributed by atoms with Crippen LogP contribution in [0.5, 0.6) is 0 Å². The average molecular weight is 308 g/mol. The molecule has 1 saturated carbocycles. The Morgan fingerprint density at radius 1 is 1.32 bits per heavy atom. The first-order chi connectivity index (χ1) is 10.4. The van der Waals surface area contributed by atoms with E-state index in [-0.39, 0.29) is 30.2 Å². The lowest BCUT2D eigenvalue weighted by Gasteiger charge is -2.50. The van der Waals surface area contributed by atoms with Crippen LogP contribution in [0.3, 0.4) is 0 Å². The molecule has 1 aromatic carbocycles. The summed E-state index contributed by atoms with van der Waals surface area (Å²) < 4.78 is 13.3. The summed E-state index contributed by atoms with van der Waals surface area (Å²) >= 11 is 0. The molecular formula is C18H25FO3. The second-order valence-corrected chi connectivity index (χ2v) is 6.63. The number of benzene rings is 1. The Morgan fingerprint density at radius 2 is 1.95 bits per heavy atom. The fraction of sp³-hybridized carbons (Fsp3) is 0.611. The number of hydrogen-bond donors (Lipinski definition) is 2. The predicted octanol–water partition coefficient (Wildman–Crippen LogP) is 3.75. The minimum Gasteiger partial charge on any atom is -0.481 e. The summed E-state index contributed by atoms with van der Waals surface area (Å²) in [5, 5.41) is 19.6. The standard InChI is InChI=1S/C18H25FO3/c1-3-4-14-10-16(20)9-12(2)18(14,11-17(21)22)13-5-7-15(19)8-6-13/h5-8,12,14,16,20H,3-4,9-11H2,1-2H3,(H,21,22)/t12?,14?,16-,18-/m0/s1. The molecule has 0 amide bonds. The van der Waals surface area contributed by atoms with Crippen LogP contribution in [0.4, 0.5) is 4.39 Å². The van der Waals surface area contributed by atoms with Gasteiger partial charge in [0.2, 0.25) is 0 Å².